The van der Waals surface area contributed by atoms with Crippen molar-refractivity contribution >= 4 is 23.4 Å². The van der Waals surface area contributed by atoms with Gasteiger partial charge in [-0.25, -0.2) is 4.39 Å². The van der Waals surface area contributed by atoms with E-state index in [1.165, 1.54) is 25.0 Å². The van der Waals surface area contributed by atoms with E-state index in [1.807, 2.05) is 6.92 Å². The largest absolute Gasteiger partial charge is 0.351 e. The average Bonchev–Trinajstić information content (AvgIpc) is 2.78. The molecule has 6 heteroatoms. The van der Waals surface area contributed by atoms with Crippen molar-refractivity contribution in [3.63, 3.8) is 0 Å². The Morgan fingerprint density at radius 1 is 1.31 bits per heavy atom. The van der Waals surface area contributed by atoms with Crippen LogP contribution in [0.15, 0.2) is 18.2 Å². The van der Waals surface area contributed by atoms with E-state index >= 15 is 0 Å². The van der Waals surface area contributed by atoms with Crippen LogP contribution in [0.25, 0.3) is 0 Å². The van der Waals surface area contributed by atoms with Crippen LogP contribution in [-0.2, 0) is 16.1 Å². The lowest BCUT2D eigenvalue weighted by atomic mass is 9.95. The molecule has 1 N–H and O–H groups in total. The maximum Gasteiger partial charge on any atom is 0.245 e. The molecule has 4 nitrogen and oxygen atoms in total. The predicted molar refractivity (Wildman–Crippen MR) is 99.2 cm³/mol. The summed E-state index contributed by atoms with van der Waals surface area (Å²) in [5.74, 6) is -0.572. The van der Waals surface area contributed by atoms with Gasteiger partial charge in [-0.3, -0.25) is 9.59 Å². The second kappa shape index (κ2) is 7.95. The van der Waals surface area contributed by atoms with Crippen LogP contribution in [0.2, 0.25) is 5.02 Å². The smallest absolute Gasteiger partial charge is 0.245 e. The first-order chi connectivity index (χ1) is 12.4. The van der Waals surface area contributed by atoms with Crippen LogP contribution in [0.1, 0.15) is 63.9 Å². The van der Waals surface area contributed by atoms with Gasteiger partial charge in [-0.2, -0.15) is 0 Å². The van der Waals surface area contributed by atoms with E-state index in [4.69, 9.17) is 11.6 Å². The normalized spacial score (nSPS) is 24.6. The fourth-order valence-corrected chi connectivity index (χ4v) is 4.21. The lowest BCUT2D eigenvalue weighted by Gasteiger charge is -2.35. The Hall–Kier alpha value is -1.62. The molecule has 1 saturated carbocycles. The Morgan fingerprint density at radius 2 is 2.00 bits per heavy atom. The van der Waals surface area contributed by atoms with Gasteiger partial charge in [0.15, 0.2) is 0 Å². The highest BCUT2D eigenvalue weighted by atomic mass is 35.5. The minimum atomic E-state index is -0.888. The predicted octanol–water partition coefficient (Wildman–Crippen LogP) is 4.20. The summed E-state index contributed by atoms with van der Waals surface area (Å²) in [6, 6.07) is 4.33. The molecule has 1 aliphatic carbocycles. The Morgan fingerprint density at radius 3 is 2.65 bits per heavy atom. The van der Waals surface area contributed by atoms with E-state index < -0.39 is 11.4 Å². The molecule has 1 atom stereocenters. The number of amides is 2. The van der Waals surface area contributed by atoms with Gasteiger partial charge < -0.3 is 10.2 Å². The molecule has 0 spiro atoms. The van der Waals surface area contributed by atoms with Crippen molar-refractivity contribution in [3.05, 3.63) is 34.6 Å². The van der Waals surface area contributed by atoms with Gasteiger partial charge >= 0.3 is 0 Å². The van der Waals surface area contributed by atoms with Crippen LogP contribution in [0.3, 0.4) is 0 Å². The van der Waals surface area contributed by atoms with E-state index in [1.54, 1.807) is 11.0 Å². The van der Waals surface area contributed by atoms with Gasteiger partial charge in [0.1, 0.15) is 11.4 Å². The zero-order valence-corrected chi connectivity index (χ0v) is 15.9. The van der Waals surface area contributed by atoms with E-state index in [0.717, 1.165) is 25.7 Å². The van der Waals surface area contributed by atoms with Crippen molar-refractivity contribution in [2.75, 3.05) is 0 Å². The zero-order chi connectivity index (χ0) is 18.7. The van der Waals surface area contributed by atoms with Crippen LogP contribution in [-0.4, -0.2) is 28.3 Å². The third-order valence-corrected chi connectivity index (χ3v) is 6.10. The highest BCUT2D eigenvalue weighted by Gasteiger charge is 2.47. The molecule has 1 aromatic rings. The fraction of sp³-hybridized carbons (Fsp3) is 0.600. The van der Waals surface area contributed by atoms with Gasteiger partial charge in [-0.15, -0.1) is 0 Å². The lowest BCUT2D eigenvalue weighted by molar-refractivity contribution is -0.141. The minimum absolute atomic E-state index is 0.0658. The van der Waals surface area contributed by atoms with Gasteiger partial charge in [-0.05, 0) is 43.9 Å². The summed E-state index contributed by atoms with van der Waals surface area (Å²) in [6.45, 7) is 2.04. The number of benzene rings is 1. The zero-order valence-electron chi connectivity index (χ0n) is 15.2. The summed E-state index contributed by atoms with van der Waals surface area (Å²) in [5.41, 5.74) is -0.238. The highest BCUT2D eigenvalue weighted by molar-refractivity contribution is 6.31. The topological polar surface area (TPSA) is 49.4 Å². The van der Waals surface area contributed by atoms with Crippen molar-refractivity contribution in [2.24, 2.45) is 0 Å². The van der Waals surface area contributed by atoms with Gasteiger partial charge in [0, 0.05) is 24.0 Å². The summed E-state index contributed by atoms with van der Waals surface area (Å²) in [6.07, 6.45) is 7.54. The summed E-state index contributed by atoms with van der Waals surface area (Å²) < 4.78 is 13.3. The summed E-state index contributed by atoms with van der Waals surface area (Å²) in [5, 5.41) is 3.45. The Bertz CT molecular complexity index is 688. The Kier molecular flexibility index (Phi) is 5.86. The van der Waals surface area contributed by atoms with Crippen molar-refractivity contribution in [3.8, 4) is 0 Å². The monoisotopic (exact) mass is 380 g/mol. The van der Waals surface area contributed by atoms with Crippen LogP contribution in [0.5, 0.6) is 0 Å². The molecule has 1 aliphatic heterocycles. The number of carbonyl (C=O) groups is 2. The maximum absolute atomic E-state index is 13.3. The number of likely N-dealkylation sites (tertiary alicyclic amines) is 1. The molecule has 2 aliphatic rings. The number of nitrogens with one attached hydrogen (secondary N) is 1. The second-order valence-corrected chi connectivity index (χ2v) is 8.06. The molecule has 26 heavy (non-hydrogen) atoms. The molecular weight excluding hydrogens is 355 g/mol. The molecule has 0 bridgehead atoms. The number of hydrogen-bond donors (Lipinski definition) is 1. The van der Waals surface area contributed by atoms with Crippen molar-refractivity contribution in [2.45, 2.75) is 76.4 Å². The third-order valence-electron chi connectivity index (χ3n) is 5.75. The maximum atomic E-state index is 13.3. The van der Waals surface area contributed by atoms with Gasteiger partial charge in [-0.1, -0.05) is 43.4 Å². The summed E-state index contributed by atoms with van der Waals surface area (Å²) in [7, 11) is 0. The van der Waals surface area contributed by atoms with Crippen LogP contribution in [0.4, 0.5) is 4.39 Å². The Labute approximate surface area is 159 Å². The molecule has 1 aromatic carbocycles. The number of carbonyl (C=O) groups excluding carboxylic acids is 2. The van der Waals surface area contributed by atoms with Gasteiger partial charge in [0.05, 0.1) is 0 Å². The van der Waals surface area contributed by atoms with Crippen LogP contribution >= 0.6 is 11.6 Å². The fourth-order valence-electron chi connectivity index (χ4n) is 3.98. The van der Waals surface area contributed by atoms with Crippen LogP contribution in [0, 0.1) is 5.82 Å². The molecule has 0 radical (unpaired) electrons. The molecule has 2 amide bonds. The Balaban J connectivity index is 1.75. The molecule has 3 rings (SSSR count). The van der Waals surface area contributed by atoms with Gasteiger partial charge in [0.2, 0.25) is 11.8 Å². The lowest BCUT2D eigenvalue weighted by Crippen LogP contribution is -2.56. The molecule has 1 heterocycles. The van der Waals surface area contributed by atoms with Crippen LogP contribution < -0.4 is 5.32 Å². The quantitative estimate of drug-likeness (QED) is 0.796. The van der Waals surface area contributed by atoms with E-state index in [-0.39, 0.29) is 29.4 Å². The standard InChI is InChI=1S/C20H26ClFN2O2/c1-20(19(26)23-16-6-4-2-3-5-7-16)11-10-18(25)24(20)13-14-8-9-15(22)12-17(14)21/h8-9,12,16H,2-7,10-11,13H2,1H3,(H,23,26). The second-order valence-electron chi connectivity index (χ2n) is 7.65. The van der Waals surface area contributed by atoms with Crippen molar-refractivity contribution in [1.29, 1.82) is 0 Å². The van der Waals surface area contributed by atoms with Crippen molar-refractivity contribution in [1.82, 2.24) is 10.2 Å². The first kappa shape index (κ1) is 19.2. The third kappa shape index (κ3) is 4.03. The van der Waals surface area contributed by atoms with E-state index in [9.17, 15) is 14.0 Å². The highest BCUT2D eigenvalue weighted by Crippen LogP contribution is 2.34. The van der Waals surface area contributed by atoms with E-state index in [2.05, 4.69) is 5.32 Å². The summed E-state index contributed by atoms with van der Waals surface area (Å²) in [4.78, 5) is 27.1. The molecule has 1 saturated heterocycles. The molecule has 0 aromatic heterocycles. The number of rotatable bonds is 4. The van der Waals surface area contributed by atoms with Crippen molar-refractivity contribution < 1.29 is 14.0 Å². The van der Waals surface area contributed by atoms with E-state index in [0.29, 0.717) is 18.4 Å². The molecule has 2 fully saturated rings. The number of hydrogen-bond acceptors (Lipinski definition) is 2. The first-order valence-electron chi connectivity index (χ1n) is 9.45. The molecular formula is C20H26ClFN2O2. The number of halogens is 2. The molecule has 1 unspecified atom stereocenters. The molecule has 142 valence electrons. The summed E-state index contributed by atoms with van der Waals surface area (Å²) >= 11 is 6.12. The number of nitrogens with zero attached hydrogens (tertiary/aromatic N) is 1. The van der Waals surface area contributed by atoms with Gasteiger partial charge in [0.25, 0.3) is 0 Å². The first-order valence-corrected chi connectivity index (χ1v) is 9.83. The minimum Gasteiger partial charge on any atom is -0.351 e. The SMILES string of the molecule is CC1(C(=O)NC2CCCCCC2)CCC(=O)N1Cc1ccc(F)cc1Cl. The average molecular weight is 381 g/mol.